The number of halogens is 1. The minimum absolute atomic E-state index is 0.0485. The molecule has 0 aromatic heterocycles. The fraction of sp³-hybridized carbons (Fsp3) is 0.500. The maximum absolute atomic E-state index is 14.3. The third-order valence-corrected chi connectivity index (χ3v) is 8.25. The molecule has 2 aromatic rings. The van der Waals surface area contributed by atoms with E-state index in [-0.39, 0.29) is 23.5 Å². The molecule has 0 radical (unpaired) electrons. The van der Waals surface area contributed by atoms with Gasteiger partial charge >= 0.3 is 0 Å². The minimum atomic E-state index is -0.701. The van der Waals surface area contributed by atoms with Gasteiger partial charge in [-0.15, -0.1) is 0 Å². The molecule has 34 heavy (non-hydrogen) atoms. The van der Waals surface area contributed by atoms with E-state index >= 15 is 0 Å². The summed E-state index contributed by atoms with van der Waals surface area (Å²) in [7, 11) is 1.66. The van der Waals surface area contributed by atoms with Crippen molar-refractivity contribution in [2.24, 2.45) is 0 Å². The fourth-order valence-electron chi connectivity index (χ4n) is 6.62. The lowest BCUT2D eigenvalue weighted by Gasteiger charge is -2.36. The zero-order valence-corrected chi connectivity index (χ0v) is 19.8. The molecule has 1 saturated carbocycles. The molecule has 5 rings (SSSR count). The first-order valence-electron chi connectivity index (χ1n) is 12.5. The van der Waals surface area contributed by atoms with Crippen LogP contribution in [0.25, 0.3) is 0 Å². The average molecular weight is 465 g/mol. The standard InChI is InChI=1S/C28H33FN2O3/c1-34-24-12-3-2-11-22(24)23-18-31(19-28(23)16-5-4-13-25(32)30-28)26(33)27(14-6-7-15-27)20-9-8-10-21(29)17-20/h2-3,8-12,17,23H,4-7,13-16,18-19H2,1H3,(H,30,32)/t23-,28+/m0/s1. The molecule has 5 nitrogen and oxygen atoms in total. The molecule has 3 aliphatic rings. The third kappa shape index (κ3) is 3.87. The van der Waals surface area contributed by atoms with E-state index < -0.39 is 11.0 Å². The van der Waals surface area contributed by atoms with Crippen LogP contribution in [0.5, 0.6) is 5.75 Å². The summed E-state index contributed by atoms with van der Waals surface area (Å²) in [5.41, 5.74) is 0.566. The third-order valence-electron chi connectivity index (χ3n) is 8.25. The Morgan fingerprint density at radius 3 is 2.59 bits per heavy atom. The van der Waals surface area contributed by atoms with Gasteiger partial charge < -0.3 is 15.0 Å². The van der Waals surface area contributed by atoms with Crippen LogP contribution in [0.1, 0.15) is 68.4 Å². The van der Waals surface area contributed by atoms with Gasteiger partial charge in [0.05, 0.1) is 18.1 Å². The second kappa shape index (κ2) is 9.05. The van der Waals surface area contributed by atoms with Crippen molar-refractivity contribution < 1.29 is 18.7 Å². The van der Waals surface area contributed by atoms with Gasteiger partial charge in [-0.3, -0.25) is 9.59 Å². The molecule has 2 saturated heterocycles. The Morgan fingerprint density at radius 2 is 1.82 bits per heavy atom. The van der Waals surface area contributed by atoms with E-state index in [9.17, 15) is 14.0 Å². The highest BCUT2D eigenvalue weighted by Crippen LogP contribution is 2.48. The number of para-hydroxylation sites is 1. The lowest BCUT2D eigenvalue weighted by Crippen LogP contribution is -2.54. The topological polar surface area (TPSA) is 58.6 Å². The number of likely N-dealkylation sites (tertiary alicyclic amines) is 1. The van der Waals surface area contributed by atoms with Crippen molar-refractivity contribution in [1.82, 2.24) is 10.2 Å². The number of ether oxygens (including phenoxy) is 1. The van der Waals surface area contributed by atoms with Crippen LogP contribution in [0.15, 0.2) is 48.5 Å². The predicted octanol–water partition coefficient (Wildman–Crippen LogP) is 4.70. The zero-order chi connectivity index (χ0) is 23.8. The highest BCUT2D eigenvalue weighted by molar-refractivity contribution is 5.89. The average Bonchev–Trinajstić information content (AvgIpc) is 3.43. The SMILES string of the molecule is COc1ccccc1[C@@H]1CN(C(=O)C2(c3cccc(F)c3)CCCC2)C[C@]12CCCCC(=O)N2. The van der Waals surface area contributed by atoms with E-state index in [0.717, 1.165) is 61.8 Å². The summed E-state index contributed by atoms with van der Waals surface area (Å²) in [6.45, 7) is 0.980. The van der Waals surface area contributed by atoms with Crippen LogP contribution in [0.4, 0.5) is 4.39 Å². The van der Waals surface area contributed by atoms with Crippen molar-refractivity contribution in [2.45, 2.75) is 68.2 Å². The summed E-state index contributed by atoms with van der Waals surface area (Å²) < 4.78 is 19.9. The molecule has 2 aromatic carbocycles. The van der Waals surface area contributed by atoms with E-state index in [1.165, 1.54) is 12.1 Å². The van der Waals surface area contributed by atoms with Gasteiger partial charge in [0, 0.05) is 31.0 Å². The maximum Gasteiger partial charge on any atom is 0.233 e. The summed E-state index contributed by atoms with van der Waals surface area (Å²) in [6.07, 6.45) is 6.48. The number of methoxy groups -OCH3 is 1. The number of nitrogens with zero attached hydrogens (tertiary/aromatic N) is 1. The highest BCUT2D eigenvalue weighted by Gasteiger charge is 2.54. The summed E-state index contributed by atoms with van der Waals surface area (Å²) >= 11 is 0. The molecule has 180 valence electrons. The Morgan fingerprint density at radius 1 is 1.06 bits per heavy atom. The predicted molar refractivity (Wildman–Crippen MR) is 128 cm³/mol. The van der Waals surface area contributed by atoms with Crippen molar-refractivity contribution in [2.75, 3.05) is 20.2 Å². The molecule has 1 spiro atoms. The lowest BCUT2D eigenvalue weighted by atomic mass is 9.77. The Kier molecular flexibility index (Phi) is 6.09. The van der Waals surface area contributed by atoms with Gasteiger partial charge in [0.2, 0.25) is 11.8 Å². The Hall–Kier alpha value is -2.89. The Bertz CT molecular complexity index is 1080. The monoisotopic (exact) mass is 464 g/mol. The van der Waals surface area contributed by atoms with E-state index in [2.05, 4.69) is 5.32 Å². The highest BCUT2D eigenvalue weighted by atomic mass is 19.1. The molecule has 2 amide bonds. The van der Waals surface area contributed by atoms with E-state index in [1.807, 2.05) is 35.2 Å². The lowest BCUT2D eigenvalue weighted by molar-refractivity contribution is -0.137. The normalized spacial score (nSPS) is 26.4. The molecule has 3 fully saturated rings. The van der Waals surface area contributed by atoms with Gasteiger partial charge in [0.15, 0.2) is 0 Å². The van der Waals surface area contributed by atoms with E-state index in [1.54, 1.807) is 13.2 Å². The second-order valence-corrected chi connectivity index (χ2v) is 10.2. The molecule has 0 unspecified atom stereocenters. The van der Waals surface area contributed by atoms with Gasteiger partial charge in [-0.2, -0.15) is 0 Å². The van der Waals surface area contributed by atoms with Gasteiger partial charge in [-0.1, -0.05) is 49.6 Å². The number of benzene rings is 2. The van der Waals surface area contributed by atoms with Gasteiger partial charge in [-0.25, -0.2) is 4.39 Å². The molecule has 2 atom stereocenters. The van der Waals surface area contributed by atoms with Crippen LogP contribution in [-0.4, -0.2) is 42.5 Å². The van der Waals surface area contributed by atoms with Gasteiger partial charge in [0.1, 0.15) is 11.6 Å². The summed E-state index contributed by atoms with van der Waals surface area (Å²) in [6, 6.07) is 14.5. The fourth-order valence-corrected chi connectivity index (χ4v) is 6.62. The number of nitrogens with one attached hydrogen (secondary N) is 1. The van der Waals surface area contributed by atoms with Crippen LogP contribution in [0, 0.1) is 5.82 Å². The Labute approximate surface area is 200 Å². The molecular formula is C28H33FN2O3. The quantitative estimate of drug-likeness (QED) is 0.714. The van der Waals surface area contributed by atoms with Gasteiger partial charge in [0.25, 0.3) is 0 Å². The minimum Gasteiger partial charge on any atom is -0.496 e. The molecule has 2 aliphatic heterocycles. The van der Waals surface area contributed by atoms with Crippen LogP contribution in [0.2, 0.25) is 0 Å². The number of rotatable bonds is 4. The number of amides is 2. The number of carbonyl (C=O) groups excluding carboxylic acids is 2. The van der Waals surface area contributed by atoms with Crippen LogP contribution in [-0.2, 0) is 15.0 Å². The molecular weight excluding hydrogens is 431 g/mol. The first-order chi connectivity index (χ1) is 16.5. The number of hydrogen-bond acceptors (Lipinski definition) is 3. The largest absolute Gasteiger partial charge is 0.496 e. The summed E-state index contributed by atoms with van der Waals surface area (Å²) in [5.74, 6) is 0.511. The van der Waals surface area contributed by atoms with Gasteiger partial charge in [-0.05, 0) is 49.4 Å². The number of carbonyl (C=O) groups is 2. The van der Waals surface area contributed by atoms with Crippen molar-refractivity contribution >= 4 is 11.8 Å². The first-order valence-corrected chi connectivity index (χ1v) is 12.5. The van der Waals surface area contributed by atoms with E-state index in [0.29, 0.717) is 19.5 Å². The molecule has 1 N–H and O–H groups in total. The van der Waals surface area contributed by atoms with Crippen molar-refractivity contribution in [3.8, 4) is 5.75 Å². The van der Waals surface area contributed by atoms with Crippen molar-refractivity contribution in [3.63, 3.8) is 0 Å². The van der Waals surface area contributed by atoms with Crippen molar-refractivity contribution in [3.05, 3.63) is 65.5 Å². The zero-order valence-electron chi connectivity index (χ0n) is 19.8. The number of hydrogen-bond donors (Lipinski definition) is 1. The van der Waals surface area contributed by atoms with Crippen LogP contribution in [0.3, 0.4) is 0 Å². The molecule has 1 aliphatic carbocycles. The second-order valence-electron chi connectivity index (χ2n) is 10.2. The van der Waals surface area contributed by atoms with Crippen LogP contribution < -0.4 is 10.1 Å². The molecule has 6 heteroatoms. The van der Waals surface area contributed by atoms with E-state index in [4.69, 9.17) is 4.74 Å². The summed E-state index contributed by atoms with van der Waals surface area (Å²) in [5, 5.41) is 3.34. The summed E-state index contributed by atoms with van der Waals surface area (Å²) in [4.78, 5) is 29.0. The smallest absolute Gasteiger partial charge is 0.233 e. The Balaban J connectivity index is 1.55. The first kappa shape index (κ1) is 22.9. The molecule has 0 bridgehead atoms. The molecule has 2 heterocycles. The van der Waals surface area contributed by atoms with Crippen molar-refractivity contribution in [1.29, 1.82) is 0 Å². The maximum atomic E-state index is 14.3. The van der Waals surface area contributed by atoms with Crippen LogP contribution >= 0.6 is 0 Å².